The number of nitrogens with one attached hydrogen (secondary N) is 1. The van der Waals surface area contributed by atoms with Crippen LogP contribution in [0.5, 0.6) is 0 Å². The van der Waals surface area contributed by atoms with Gasteiger partial charge in [0.15, 0.2) is 0 Å². The summed E-state index contributed by atoms with van der Waals surface area (Å²) in [5.41, 5.74) is 0. The molecule has 4 nitrogen and oxygen atoms in total. The van der Waals surface area contributed by atoms with Crippen molar-refractivity contribution in [1.82, 2.24) is 9.62 Å². The van der Waals surface area contributed by atoms with E-state index in [-0.39, 0.29) is 27.0 Å². The second kappa shape index (κ2) is 5.14. The van der Waals surface area contributed by atoms with Crippen molar-refractivity contribution in [2.24, 2.45) is 5.92 Å². The van der Waals surface area contributed by atoms with Crippen LogP contribution in [0.15, 0.2) is 23.1 Å². The van der Waals surface area contributed by atoms with Crippen LogP contribution in [0.1, 0.15) is 13.3 Å². The molecule has 0 bridgehead atoms. The molecule has 0 saturated carbocycles. The quantitative estimate of drug-likeness (QED) is 0.903. The SMILES string of the molecule is CC1CC2CNCC2N1S(=O)(=O)c1cccc(Cl)c1Cl. The summed E-state index contributed by atoms with van der Waals surface area (Å²) in [6, 6.07) is 4.74. The van der Waals surface area contributed by atoms with Crippen molar-refractivity contribution in [2.45, 2.75) is 30.3 Å². The van der Waals surface area contributed by atoms with Crippen molar-refractivity contribution < 1.29 is 8.42 Å². The molecule has 2 aliphatic heterocycles. The summed E-state index contributed by atoms with van der Waals surface area (Å²) >= 11 is 12.0. The first-order chi connectivity index (χ1) is 9.43. The topological polar surface area (TPSA) is 49.4 Å². The average molecular weight is 335 g/mol. The molecule has 2 saturated heterocycles. The predicted molar refractivity (Wildman–Crippen MR) is 79.7 cm³/mol. The molecule has 2 aliphatic rings. The molecule has 110 valence electrons. The zero-order valence-electron chi connectivity index (χ0n) is 11.0. The Balaban J connectivity index is 2.05. The lowest BCUT2D eigenvalue weighted by molar-refractivity contribution is 0.336. The van der Waals surface area contributed by atoms with E-state index >= 15 is 0 Å². The van der Waals surface area contributed by atoms with Crippen LogP contribution < -0.4 is 5.32 Å². The Labute approximate surface area is 129 Å². The zero-order valence-corrected chi connectivity index (χ0v) is 13.3. The van der Waals surface area contributed by atoms with Crippen LogP contribution in [0.2, 0.25) is 10.0 Å². The van der Waals surface area contributed by atoms with E-state index in [0.29, 0.717) is 12.5 Å². The number of halogens is 2. The molecule has 3 unspecified atom stereocenters. The lowest BCUT2D eigenvalue weighted by Gasteiger charge is -2.27. The molecule has 3 rings (SSSR count). The van der Waals surface area contributed by atoms with Gasteiger partial charge in [-0.3, -0.25) is 0 Å². The van der Waals surface area contributed by atoms with Crippen molar-refractivity contribution in [3.8, 4) is 0 Å². The van der Waals surface area contributed by atoms with Crippen LogP contribution in [0.25, 0.3) is 0 Å². The van der Waals surface area contributed by atoms with Crippen LogP contribution >= 0.6 is 23.2 Å². The van der Waals surface area contributed by atoms with Gasteiger partial charge in [-0.05, 0) is 37.9 Å². The zero-order chi connectivity index (χ0) is 14.5. The molecule has 1 aromatic rings. The summed E-state index contributed by atoms with van der Waals surface area (Å²) in [5, 5.41) is 3.63. The normalized spacial score (nSPS) is 30.6. The summed E-state index contributed by atoms with van der Waals surface area (Å²) in [7, 11) is -3.62. The molecule has 0 aliphatic carbocycles. The van der Waals surface area contributed by atoms with E-state index in [4.69, 9.17) is 23.2 Å². The fraction of sp³-hybridized carbons (Fsp3) is 0.538. The smallest absolute Gasteiger partial charge is 0.245 e. The molecular weight excluding hydrogens is 319 g/mol. The van der Waals surface area contributed by atoms with Gasteiger partial charge in [-0.1, -0.05) is 29.3 Å². The van der Waals surface area contributed by atoms with Crippen LogP contribution in [-0.2, 0) is 10.0 Å². The van der Waals surface area contributed by atoms with Gasteiger partial charge in [0.2, 0.25) is 10.0 Å². The number of hydrogen-bond acceptors (Lipinski definition) is 3. The van der Waals surface area contributed by atoms with E-state index in [2.05, 4.69) is 5.32 Å². The summed E-state index contributed by atoms with van der Waals surface area (Å²) in [6.07, 6.45) is 0.884. The first-order valence-electron chi connectivity index (χ1n) is 6.61. The van der Waals surface area contributed by atoms with Crippen LogP contribution in [-0.4, -0.2) is 37.9 Å². The molecule has 1 N–H and O–H groups in total. The molecular formula is C13H16Cl2N2O2S. The largest absolute Gasteiger partial charge is 0.315 e. The summed E-state index contributed by atoms with van der Waals surface area (Å²) < 4.78 is 27.4. The number of nitrogens with zero attached hydrogens (tertiary/aromatic N) is 1. The van der Waals surface area contributed by atoms with E-state index < -0.39 is 10.0 Å². The van der Waals surface area contributed by atoms with Crippen molar-refractivity contribution in [1.29, 1.82) is 0 Å². The van der Waals surface area contributed by atoms with Gasteiger partial charge in [-0.25, -0.2) is 8.42 Å². The van der Waals surface area contributed by atoms with E-state index in [0.717, 1.165) is 13.0 Å². The summed E-state index contributed by atoms with van der Waals surface area (Å²) in [5.74, 6) is 0.387. The predicted octanol–water partition coefficient (Wildman–Crippen LogP) is 2.36. The maximum atomic E-state index is 12.9. The third kappa shape index (κ3) is 2.16. The molecule has 0 spiro atoms. The van der Waals surface area contributed by atoms with E-state index in [1.54, 1.807) is 16.4 Å². The molecule has 20 heavy (non-hydrogen) atoms. The maximum Gasteiger partial charge on any atom is 0.245 e. The minimum Gasteiger partial charge on any atom is -0.315 e. The van der Waals surface area contributed by atoms with Gasteiger partial charge < -0.3 is 5.32 Å². The molecule has 7 heteroatoms. The molecule has 1 aromatic carbocycles. The number of rotatable bonds is 2. The number of sulfonamides is 1. The number of benzene rings is 1. The first kappa shape index (κ1) is 14.6. The number of hydrogen-bond donors (Lipinski definition) is 1. The minimum atomic E-state index is -3.62. The highest BCUT2D eigenvalue weighted by atomic mass is 35.5. The minimum absolute atomic E-state index is 0.00727. The van der Waals surface area contributed by atoms with Crippen molar-refractivity contribution in [3.05, 3.63) is 28.2 Å². The Bertz CT molecular complexity index is 635. The molecule has 0 amide bonds. The monoisotopic (exact) mass is 334 g/mol. The second-order valence-electron chi connectivity index (χ2n) is 5.46. The Morgan fingerprint density at radius 1 is 1.30 bits per heavy atom. The van der Waals surface area contributed by atoms with Gasteiger partial charge in [0.25, 0.3) is 0 Å². The van der Waals surface area contributed by atoms with Gasteiger partial charge in [-0.15, -0.1) is 0 Å². The van der Waals surface area contributed by atoms with Gasteiger partial charge in [0.1, 0.15) is 4.90 Å². The lowest BCUT2D eigenvalue weighted by atomic mass is 10.0. The second-order valence-corrected chi connectivity index (χ2v) is 8.05. The Morgan fingerprint density at radius 2 is 2.05 bits per heavy atom. The van der Waals surface area contributed by atoms with Crippen LogP contribution in [0.4, 0.5) is 0 Å². The Kier molecular flexibility index (Phi) is 3.75. The van der Waals surface area contributed by atoms with Gasteiger partial charge in [0, 0.05) is 18.6 Å². The lowest BCUT2D eigenvalue weighted by Crippen LogP contribution is -2.42. The molecule has 2 heterocycles. The number of fused-ring (bicyclic) bond motifs is 1. The van der Waals surface area contributed by atoms with Crippen molar-refractivity contribution in [2.75, 3.05) is 13.1 Å². The van der Waals surface area contributed by atoms with Gasteiger partial charge in [-0.2, -0.15) is 4.31 Å². The highest BCUT2D eigenvalue weighted by molar-refractivity contribution is 7.89. The van der Waals surface area contributed by atoms with Gasteiger partial charge in [0.05, 0.1) is 10.0 Å². The van der Waals surface area contributed by atoms with Crippen molar-refractivity contribution in [3.63, 3.8) is 0 Å². The highest BCUT2D eigenvalue weighted by Gasteiger charge is 2.48. The highest BCUT2D eigenvalue weighted by Crippen LogP contribution is 2.39. The molecule has 2 fully saturated rings. The third-order valence-corrected chi connectivity index (χ3v) is 7.19. The first-order valence-corrected chi connectivity index (χ1v) is 8.81. The molecule has 0 aromatic heterocycles. The fourth-order valence-electron chi connectivity index (χ4n) is 3.34. The summed E-state index contributed by atoms with van der Waals surface area (Å²) in [4.78, 5) is 0.103. The molecule has 3 atom stereocenters. The van der Waals surface area contributed by atoms with Gasteiger partial charge >= 0.3 is 0 Å². The molecule has 0 radical (unpaired) electrons. The van der Waals surface area contributed by atoms with E-state index in [1.165, 1.54) is 6.07 Å². The van der Waals surface area contributed by atoms with E-state index in [9.17, 15) is 8.42 Å². The van der Waals surface area contributed by atoms with Crippen LogP contribution in [0, 0.1) is 5.92 Å². The standard InChI is InChI=1S/C13H16Cl2N2O2S/c1-8-5-9-6-16-7-11(9)17(8)20(18,19)12-4-2-3-10(14)13(12)15/h2-4,8-9,11,16H,5-7H2,1H3. The Morgan fingerprint density at radius 3 is 2.80 bits per heavy atom. The fourth-order valence-corrected chi connectivity index (χ4v) is 5.96. The average Bonchev–Trinajstić information content (AvgIpc) is 2.91. The summed E-state index contributed by atoms with van der Waals surface area (Å²) in [6.45, 7) is 3.53. The Hall–Kier alpha value is -0.330. The maximum absolute atomic E-state index is 12.9. The van der Waals surface area contributed by atoms with E-state index in [1.807, 2.05) is 6.92 Å². The third-order valence-electron chi connectivity index (χ3n) is 4.18. The van der Waals surface area contributed by atoms with Crippen molar-refractivity contribution >= 4 is 33.2 Å². The van der Waals surface area contributed by atoms with Crippen LogP contribution in [0.3, 0.4) is 0 Å².